The number of non-ortho nitro benzene ring substituents is 2. The van der Waals surface area contributed by atoms with Gasteiger partial charge in [0.05, 0.1) is 9.85 Å². The number of nitro groups is 2. The van der Waals surface area contributed by atoms with E-state index in [1.807, 2.05) is 6.92 Å². The van der Waals surface area contributed by atoms with Crippen molar-refractivity contribution in [2.45, 2.75) is 13.8 Å². The summed E-state index contributed by atoms with van der Waals surface area (Å²) in [7, 11) is 0. The highest BCUT2D eigenvalue weighted by molar-refractivity contribution is 6.28. The Bertz CT molecular complexity index is 1060. The van der Waals surface area contributed by atoms with Crippen LogP contribution in [0.2, 0.25) is 5.28 Å². The number of nitrogen functional groups attached to an aromatic ring is 1. The highest BCUT2D eigenvalue weighted by Gasteiger charge is 2.09. The van der Waals surface area contributed by atoms with Crippen LogP contribution in [0.3, 0.4) is 0 Å². The van der Waals surface area contributed by atoms with E-state index >= 15 is 0 Å². The fraction of sp³-hybridized carbons (Fsp3) is 0.111. The van der Waals surface area contributed by atoms with Crippen LogP contribution in [-0.2, 0) is 0 Å². The van der Waals surface area contributed by atoms with Crippen LogP contribution in [0.4, 0.5) is 28.6 Å². The Kier molecular flexibility index (Phi) is 6.99. The number of aromatic nitrogens is 2. The van der Waals surface area contributed by atoms with Gasteiger partial charge in [0, 0.05) is 41.8 Å². The van der Waals surface area contributed by atoms with Gasteiger partial charge in [-0.15, -0.1) is 0 Å². The molecule has 2 aromatic carbocycles. The third kappa shape index (κ3) is 6.11. The van der Waals surface area contributed by atoms with E-state index in [1.165, 1.54) is 30.5 Å². The van der Waals surface area contributed by atoms with Gasteiger partial charge in [-0.1, -0.05) is 12.1 Å². The summed E-state index contributed by atoms with van der Waals surface area (Å²) in [6.45, 7) is 3.65. The molecular formula is C18H17ClN6O4. The molecule has 3 rings (SSSR count). The molecule has 0 aliphatic rings. The summed E-state index contributed by atoms with van der Waals surface area (Å²) < 4.78 is 0. The lowest BCUT2D eigenvalue weighted by atomic mass is 10.2. The topological polar surface area (TPSA) is 150 Å². The Hall–Kier alpha value is -3.79. The molecule has 0 unspecified atom stereocenters. The van der Waals surface area contributed by atoms with E-state index in [1.54, 1.807) is 25.1 Å². The first-order chi connectivity index (χ1) is 13.7. The Morgan fingerprint density at radius 2 is 1.55 bits per heavy atom. The van der Waals surface area contributed by atoms with Crippen molar-refractivity contribution >= 4 is 40.2 Å². The van der Waals surface area contributed by atoms with Crippen LogP contribution in [0.25, 0.3) is 0 Å². The first-order valence-corrected chi connectivity index (χ1v) is 8.56. The van der Waals surface area contributed by atoms with Crippen LogP contribution >= 0.6 is 11.6 Å². The first kappa shape index (κ1) is 21.5. The van der Waals surface area contributed by atoms with Crippen LogP contribution in [0, 0.1) is 34.1 Å². The molecule has 0 fully saturated rings. The standard InChI is InChI=1S/C11H9ClN4O2.C7H8N2O2/c1-7-2-3-8(16(17)18)6-9(7)14-10-4-5-13-11(12)15-10;1-5-2-3-6(9(10)11)4-7(5)8/h2-6H,1H3,(H,13,14,15);2-4H,8H2,1H3. The van der Waals surface area contributed by atoms with Crippen molar-refractivity contribution in [3.63, 3.8) is 0 Å². The minimum absolute atomic E-state index is 0.0169. The van der Waals surface area contributed by atoms with Crippen molar-refractivity contribution in [3.05, 3.63) is 85.3 Å². The van der Waals surface area contributed by atoms with E-state index in [9.17, 15) is 20.2 Å². The highest BCUT2D eigenvalue weighted by Crippen LogP contribution is 2.24. The molecule has 150 valence electrons. The van der Waals surface area contributed by atoms with Gasteiger partial charge in [-0.3, -0.25) is 20.2 Å². The van der Waals surface area contributed by atoms with Gasteiger partial charge in [0.15, 0.2) is 0 Å². The number of halogens is 1. The van der Waals surface area contributed by atoms with E-state index in [0.717, 1.165) is 11.1 Å². The van der Waals surface area contributed by atoms with Gasteiger partial charge >= 0.3 is 0 Å². The molecule has 10 nitrogen and oxygen atoms in total. The summed E-state index contributed by atoms with van der Waals surface area (Å²) in [5.74, 6) is 0.485. The molecular weight excluding hydrogens is 400 g/mol. The van der Waals surface area contributed by atoms with Crippen LogP contribution in [-0.4, -0.2) is 19.8 Å². The average molecular weight is 417 g/mol. The number of nitro benzene ring substituents is 2. The van der Waals surface area contributed by atoms with Gasteiger partial charge in [-0.05, 0) is 42.6 Å². The quantitative estimate of drug-likeness (QED) is 0.271. The molecule has 1 heterocycles. The molecule has 3 N–H and O–H groups in total. The van der Waals surface area contributed by atoms with Crippen molar-refractivity contribution in [2.75, 3.05) is 11.1 Å². The predicted octanol–water partition coefficient (Wildman–Crippen LogP) is 4.58. The minimum atomic E-state index is -0.462. The predicted molar refractivity (Wildman–Crippen MR) is 110 cm³/mol. The largest absolute Gasteiger partial charge is 0.398 e. The zero-order valence-corrected chi connectivity index (χ0v) is 16.3. The number of nitrogens with zero attached hydrogens (tertiary/aromatic N) is 4. The number of nitrogens with one attached hydrogen (secondary N) is 1. The van der Waals surface area contributed by atoms with Gasteiger partial charge in [0.2, 0.25) is 5.28 Å². The smallest absolute Gasteiger partial charge is 0.271 e. The minimum Gasteiger partial charge on any atom is -0.398 e. The Labute approximate surface area is 170 Å². The van der Waals surface area contributed by atoms with E-state index in [0.29, 0.717) is 17.2 Å². The zero-order chi connectivity index (χ0) is 21.6. The highest BCUT2D eigenvalue weighted by atomic mass is 35.5. The number of nitrogens with two attached hydrogens (primary N) is 1. The van der Waals surface area contributed by atoms with Gasteiger partial charge < -0.3 is 11.1 Å². The summed E-state index contributed by atoms with van der Waals surface area (Å²) in [5.41, 5.74) is 8.30. The third-order valence-electron chi connectivity index (χ3n) is 3.79. The Morgan fingerprint density at radius 1 is 0.966 bits per heavy atom. The van der Waals surface area contributed by atoms with Crippen molar-refractivity contribution in [2.24, 2.45) is 0 Å². The fourth-order valence-corrected chi connectivity index (χ4v) is 2.29. The lowest BCUT2D eigenvalue weighted by molar-refractivity contribution is -0.385. The van der Waals surface area contributed by atoms with Crippen molar-refractivity contribution in [1.82, 2.24) is 9.97 Å². The van der Waals surface area contributed by atoms with Crippen LogP contribution < -0.4 is 11.1 Å². The van der Waals surface area contributed by atoms with E-state index in [-0.39, 0.29) is 16.7 Å². The van der Waals surface area contributed by atoms with Gasteiger partial charge in [-0.2, -0.15) is 0 Å². The Morgan fingerprint density at radius 3 is 2.10 bits per heavy atom. The normalized spacial score (nSPS) is 9.90. The molecule has 0 aliphatic carbocycles. The molecule has 0 radical (unpaired) electrons. The number of aryl methyl sites for hydroxylation is 2. The molecule has 0 saturated carbocycles. The lowest BCUT2D eigenvalue weighted by Gasteiger charge is -2.08. The van der Waals surface area contributed by atoms with Crippen molar-refractivity contribution in [1.29, 1.82) is 0 Å². The summed E-state index contributed by atoms with van der Waals surface area (Å²) in [5, 5.41) is 24.0. The van der Waals surface area contributed by atoms with E-state index in [2.05, 4.69) is 15.3 Å². The molecule has 0 spiro atoms. The Balaban J connectivity index is 0.000000234. The van der Waals surface area contributed by atoms with Gasteiger partial charge in [0.1, 0.15) is 5.82 Å². The molecule has 0 amide bonds. The monoisotopic (exact) mass is 416 g/mol. The summed E-state index contributed by atoms with van der Waals surface area (Å²) in [6.07, 6.45) is 1.50. The second kappa shape index (κ2) is 9.42. The van der Waals surface area contributed by atoms with E-state index in [4.69, 9.17) is 17.3 Å². The molecule has 0 saturated heterocycles. The number of hydrogen-bond donors (Lipinski definition) is 2. The lowest BCUT2D eigenvalue weighted by Crippen LogP contribution is -1.98. The summed E-state index contributed by atoms with van der Waals surface area (Å²) in [6, 6.07) is 10.6. The summed E-state index contributed by atoms with van der Waals surface area (Å²) in [4.78, 5) is 27.7. The molecule has 1 aromatic heterocycles. The number of rotatable bonds is 4. The maximum atomic E-state index is 10.7. The molecule has 0 bridgehead atoms. The third-order valence-corrected chi connectivity index (χ3v) is 3.98. The molecule has 11 heteroatoms. The second-order valence-electron chi connectivity index (χ2n) is 5.89. The first-order valence-electron chi connectivity index (χ1n) is 8.18. The van der Waals surface area contributed by atoms with Crippen LogP contribution in [0.15, 0.2) is 48.7 Å². The van der Waals surface area contributed by atoms with Crippen LogP contribution in [0.5, 0.6) is 0 Å². The maximum absolute atomic E-state index is 10.7. The maximum Gasteiger partial charge on any atom is 0.271 e. The summed E-state index contributed by atoms with van der Waals surface area (Å²) >= 11 is 5.66. The zero-order valence-electron chi connectivity index (χ0n) is 15.5. The van der Waals surface area contributed by atoms with Crippen molar-refractivity contribution < 1.29 is 9.85 Å². The fourth-order valence-electron chi connectivity index (χ4n) is 2.14. The molecule has 0 aliphatic heterocycles. The van der Waals surface area contributed by atoms with Crippen LogP contribution in [0.1, 0.15) is 11.1 Å². The van der Waals surface area contributed by atoms with Gasteiger partial charge in [0.25, 0.3) is 11.4 Å². The molecule has 29 heavy (non-hydrogen) atoms. The number of hydrogen-bond acceptors (Lipinski definition) is 8. The number of benzene rings is 2. The molecule has 3 aromatic rings. The van der Waals surface area contributed by atoms with Gasteiger partial charge in [-0.25, -0.2) is 9.97 Å². The van der Waals surface area contributed by atoms with Crippen molar-refractivity contribution in [3.8, 4) is 0 Å². The SMILES string of the molecule is Cc1ccc([N+](=O)[O-])cc1N.Cc1ccc([N+](=O)[O-])cc1Nc1ccnc(Cl)n1. The number of anilines is 3. The molecule has 0 atom stereocenters. The van der Waals surface area contributed by atoms with E-state index < -0.39 is 9.85 Å². The second-order valence-corrected chi connectivity index (χ2v) is 6.23. The average Bonchev–Trinajstić information content (AvgIpc) is 2.66.